The molecule has 0 spiro atoms. The Balaban J connectivity index is 2.49. The minimum Gasteiger partial charge on any atom is -0.410 e. The Bertz CT molecular complexity index is 491. The molecule has 1 aromatic carbocycles. The number of carbonyl (C=O) groups excluding carboxylic acids is 1. The lowest BCUT2D eigenvalue weighted by Gasteiger charge is -2.00. The van der Waals surface area contributed by atoms with Crippen LogP contribution in [0.5, 0.6) is 0 Å². The maximum absolute atomic E-state index is 10.8. The number of amides is 1. The van der Waals surface area contributed by atoms with Crippen LogP contribution in [0.25, 0.3) is 11.0 Å². The van der Waals surface area contributed by atoms with Crippen LogP contribution in [0.3, 0.4) is 0 Å². The Kier molecular flexibility index (Phi) is 1.81. The average Bonchev–Trinajstić information content (AvgIpc) is 2.47. The quantitative estimate of drug-likeness (QED) is 0.649. The molecule has 6 heteroatoms. The topological polar surface area (TPSA) is 80.0 Å². The van der Waals surface area contributed by atoms with Gasteiger partial charge in [0.05, 0.1) is 0 Å². The van der Waals surface area contributed by atoms with Crippen molar-refractivity contribution in [3.8, 4) is 0 Å². The SMILES string of the molecule is CC(=O)Nc1ccc2nnn(O)c2c1. The molecule has 0 radical (unpaired) electrons. The summed E-state index contributed by atoms with van der Waals surface area (Å²) in [6, 6.07) is 4.95. The number of carbonyl (C=O) groups is 1. The molecular weight excluding hydrogens is 184 g/mol. The van der Waals surface area contributed by atoms with Crippen molar-refractivity contribution in [3.63, 3.8) is 0 Å². The number of anilines is 1. The largest absolute Gasteiger partial charge is 0.410 e. The van der Waals surface area contributed by atoms with Gasteiger partial charge in [0.2, 0.25) is 5.91 Å². The van der Waals surface area contributed by atoms with E-state index in [2.05, 4.69) is 15.6 Å². The van der Waals surface area contributed by atoms with Gasteiger partial charge in [-0.25, -0.2) is 0 Å². The van der Waals surface area contributed by atoms with Crippen LogP contribution < -0.4 is 5.32 Å². The van der Waals surface area contributed by atoms with Crippen molar-refractivity contribution in [1.29, 1.82) is 0 Å². The lowest BCUT2D eigenvalue weighted by Crippen LogP contribution is -2.05. The molecule has 0 aliphatic carbocycles. The van der Waals surface area contributed by atoms with Gasteiger partial charge in [-0.05, 0) is 23.4 Å². The monoisotopic (exact) mass is 192 g/mol. The first-order chi connectivity index (χ1) is 6.66. The smallest absolute Gasteiger partial charge is 0.221 e. The molecule has 1 amide bonds. The zero-order valence-electron chi connectivity index (χ0n) is 7.43. The van der Waals surface area contributed by atoms with Gasteiger partial charge in [0.1, 0.15) is 11.0 Å². The van der Waals surface area contributed by atoms with Gasteiger partial charge in [0.25, 0.3) is 0 Å². The lowest BCUT2D eigenvalue weighted by atomic mass is 10.3. The van der Waals surface area contributed by atoms with Gasteiger partial charge in [-0.15, -0.1) is 5.10 Å². The van der Waals surface area contributed by atoms with Crippen LogP contribution >= 0.6 is 0 Å². The molecular formula is C8H8N4O2. The fourth-order valence-electron chi connectivity index (χ4n) is 1.19. The van der Waals surface area contributed by atoms with E-state index in [1.165, 1.54) is 6.92 Å². The average molecular weight is 192 g/mol. The number of rotatable bonds is 1. The molecule has 2 rings (SSSR count). The van der Waals surface area contributed by atoms with Crippen molar-refractivity contribution in [2.45, 2.75) is 6.92 Å². The third kappa shape index (κ3) is 1.37. The van der Waals surface area contributed by atoms with Crippen molar-refractivity contribution < 1.29 is 10.0 Å². The van der Waals surface area contributed by atoms with Crippen molar-refractivity contribution in [1.82, 2.24) is 15.2 Å². The predicted octanol–water partition coefficient (Wildman–Crippen LogP) is 0.627. The molecule has 14 heavy (non-hydrogen) atoms. The number of nitrogens with zero attached hydrogens (tertiary/aromatic N) is 3. The summed E-state index contributed by atoms with van der Waals surface area (Å²) in [7, 11) is 0. The Morgan fingerprint density at radius 1 is 1.57 bits per heavy atom. The van der Waals surface area contributed by atoms with Gasteiger partial charge >= 0.3 is 0 Å². The van der Waals surface area contributed by atoms with Crippen LogP contribution in [-0.4, -0.2) is 26.3 Å². The van der Waals surface area contributed by atoms with Crippen molar-refractivity contribution >= 4 is 22.6 Å². The maximum Gasteiger partial charge on any atom is 0.221 e. The summed E-state index contributed by atoms with van der Waals surface area (Å²) in [4.78, 5) is 11.4. The summed E-state index contributed by atoms with van der Waals surface area (Å²) in [6.07, 6.45) is 0. The maximum atomic E-state index is 10.8. The van der Waals surface area contributed by atoms with E-state index in [0.29, 0.717) is 21.6 Å². The molecule has 72 valence electrons. The van der Waals surface area contributed by atoms with E-state index in [1.54, 1.807) is 18.2 Å². The number of aromatic nitrogens is 3. The van der Waals surface area contributed by atoms with Gasteiger partial charge < -0.3 is 10.5 Å². The van der Waals surface area contributed by atoms with Crippen molar-refractivity contribution in [2.75, 3.05) is 5.32 Å². The Morgan fingerprint density at radius 3 is 3.07 bits per heavy atom. The first-order valence-corrected chi connectivity index (χ1v) is 3.99. The Labute approximate surface area is 79.1 Å². The predicted molar refractivity (Wildman–Crippen MR) is 49.0 cm³/mol. The molecule has 6 nitrogen and oxygen atoms in total. The summed E-state index contributed by atoms with van der Waals surface area (Å²) in [6.45, 7) is 1.42. The third-order valence-corrected chi connectivity index (χ3v) is 1.75. The highest BCUT2D eigenvalue weighted by molar-refractivity contribution is 5.91. The first-order valence-electron chi connectivity index (χ1n) is 3.99. The van der Waals surface area contributed by atoms with E-state index in [4.69, 9.17) is 0 Å². The highest BCUT2D eigenvalue weighted by atomic mass is 16.5. The van der Waals surface area contributed by atoms with E-state index >= 15 is 0 Å². The molecule has 0 atom stereocenters. The summed E-state index contributed by atoms with van der Waals surface area (Å²) in [5.74, 6) is -0.165. The fraction of sp³-hybridized carbons (Fsp3) is 0.125. The van der Waals surface area contributed by atoms with E-state index in [-0.39, 0.29) is 5.91 Å². The van der Waals surface area contributed by atoms with Crippen molar-refractivity contribution in [2.24, 2.45) is 0 Å². The van der Waals surface area contributed by atoms with E-state index in [1.807, 2.05) is 0 Å². The zero-order valence-corrected chi connectivity index (χ0v) is 7.43. The van der Waals surface area contributed by atoms with Gasteiger partial charge in [0, 0.05) is 12.6 Å². The number of nitrogens with one attached hydrogen (secondary N) is 1. The first kappa shape index (κ1) is 8.49. The second-order valence-corrected chi connectivity index (χ2v) is 2.86. The highest BCUT2D eigenvalue weighted by Crippen LogP contribution is 2.15. The third-order valence-electron chi connectivity index (χ3n) is 1.75. The number of hydrogen-bond acceptors (Lipinski definition) is 4. The molecule has 1 aromatic heterocycles. The van der Waals surface area contributed by atoms with E-state index < -0.39 is 0 Å². The molecule has 2 aromatic rings. The summed E-state index contributed by atoms with van der Waals surface area (Å²) < 4.78 is 0. The zero-order chi connectivity index (χ0) is 10.1. The summed E-state index contributed by atoms with van der Waals surface area (Å²) in [5.41, 5.74) is 1.63. The van der Waals surface area contributed by atoms with Gasteiger partial charge in [0.15, 0.2) is 0 Å². The van der Waals surface area contributed by atoms with Crippen LogP contribution in [0.4, 0.5) is 5.69 Å². The molecule has 0 fully saturated rings. The molecule has 0 aliphatic heterocycles. The molecule has 0 unspecified atom stereocenters. The molecule has 0 saturated carbocycles. The second kappa shape index (κ2) is 2.99. The number of fused-ring (bicyclic) bond motifs is 1. The summed E-state index contributed by atoms with van der Waals surface area (Å²) in [5, 5.41) is 18.9. The van der Waals surface area contributed by atoms with Gasteiger partial charge in [-0.3, -0.25) is 4.79 Å². The van der Waals surface area contributed by atoms with E-state index in [9.17, 15) is 10.0 Å². The van der Waals surface area contributed by atoms with Crippen LogP contribution in [-0.2, 0) is 4.79 Å². The summed E-state index contributed by atoms with van der Waals surface area (Å²) >= 11 is 0. The van der Waals surface area contributed by atoms with Gasteiger partial charge in [-0.1, -0.05) is 4.85 Å². The van der Waals surface area contributed by atoms with E-state index in [0.717, 1.165) is 0 Å². The second-order valence-electron chi connectivity index (χ2n) is 2.86. The number of hydrogen-bond donors (Lipinski definition) is 2. The minimum atomic E-state index is -0.165. The van der Waals surface area contributed by atoms with Crippen LogP contribution in [0.1, 0.15) is 6.92 Å². The molecule has 2 N–H and O–H groups in total. The highest BCUT2D eigenvalue weighted by Gasteiger charge is 2.04. The Morgan fingerprint density at radius 2 is 2.36 bits per heavy atom. The van der Waals surface area contributed by atoms with Crippen LogP contribution in [0, 0.1) is 0 Å². The van der Waals surface area contributed by atoms with Gasteiger partial charge in [-0.2, -0.15) is 0 Å². The minimum absolute atomic E-state index is 0.165. The number of benzene rings is 1. The molecule has 0 aliphatic rings. The molecule has 1 heterocycles. The molecule has 0 saturated heterocycles. The van der Waals surface area contributed by atoms with Crippen molar-refractivity contribution in [3.05, 3.63) is 18.2 Å². The fourth-order valence-corrected chi connectivity index (χ4v) is 1.19. The molecule has 0 bridgehead atoms. The Hall–Kier alpha value is -2.11. The van der Waals surface area contributed by atoms with Crippen LogP contribution in [0.2, 0.25) is 0 Å². The lowest BCUT2D eigenvalue weighted by molar-refractivity contribution is -0.114. The van der Waals surface area contributed by atoms with Crippen LogP contribution in [0.15, 0.2) is 18.2 Å². The standard InChI is InChI=1S/C8H8N4O2/c1-5(13)9-6-2-3-7-8(4-6)12(14)11-10-7/h2-4,14H,1H3,(H,9,13). The normalized spacial score (nSPS) is 10.4.